The molecule has 1 aromatic rings. The average Bonchev–Trinajstić information content (AvgIpc) is 3.02. The van der Waals surface area contributed by atoms with Gasteiger partial charge in [-0.15, -0.1) is 0 Å². The lowest BCUT2D eigenvalue weighted by molar-refractivity contribution is -0.0714. The van der Waals surface area contributed by atoms with Crippen LogP contribution in [0.3, 0.4) is 0 Å². The number of benzene rings is 1. The van der Waals surface area contributed by atoms with Crippen molar-refractivity contribution >= 4 is 11.8 Å². The van der Waals surface area contributed by atoms with Gasteiger partial charge in [-0.3, -0.25) is 0 Å². The van der Waals surface area contributed by atoms with Crippen molar-refractivity contribution in [1.82, 2.24) is 5.32 Å². The number of ether oxygens (including phenoxy) is 2. The van der Waals surface area contributed by atoms with E-state index >= 15 is 0 Å². The molecule has 2 saturated heterocycles. The zero-order chi connectivity index (χ0) is 15.7. The molecule has 0 radical (unpaired) electrons. The molecule has 2 aliphatic heterocycles. The molecule has 126 valence electrons. The van der Waals surface area contributed by atoms with Gasteiger partial charge in [-0.25, -0.2) is 0 Å². The summed E-state index contributed by atoms with van der Waals surface area (Å²) in [6, 6.07) is 7.78. The Morgan fingerprint density at radius 3 is 3.04 bits per heavy atom. The number of hydrogen-bond donors (Lipinski definition) is 1. The van der Waals surface area contributed by atoms with Crippen LogP contribution in [0, 0.1) is 0 Å². The lowest BCUT2D eigenvalue weighted by Crippen LogP contribution is -2.50. The summed E-state index contributed by atoms with van der Waals surface area (Å²) < 4.78 is 11.5. The van der Waals surface area contributed by atoms with E-state index in [-0.39, 0.29) is 5.60 Å². The van der Waals surface area contributed by atoms with E-state index in [0.29, 0.717) is 12.1 Å². The van der Waals surface area contributed by atoms with Crippen LogP contribution in [0.5, 0.6) is 5.75 Å². The number of aryl methyl sites for hydroxylation is 1. The fourth-order valence-electron chi connectivity index (χ4n) is 4.37. The van der Waals surface area contributed by atoms with Gasteiger partial charge in [0.05, 0.1) is 12.7 Å². The molecule has 0 saturated carbocycles. The fourth-order valence-corrected chi connectivity index (χ4v) is 5.75. The number of hydrogen-bond acceptors (Lipinski definition) is 4. The zero-order valence-corrected chi connectivity index (χ0v) is 14.8. The van der Waals surface area contributed by atoms with Crippen molar-refractivity contribution < 1.29 is 9.47 Å². The van der Waals surface area contributed by atoms with E-state index in [4.69, 9.17) is 9.47 Å². The van der Waals surface area contributed by atoms with Crippen LogP contribution in [0.15, 0.2) is 18.2 Å². The Bertz CT molecular complexity index is 556. The van der Waals surface area contributed by atoms with E-state index in [1.54, 1.807) is 7.11 Å². The van der Waals surface area contributed by atoms with E-state index in [2.05, 4.69) is 35.3 Å². The Morgan fingerprint density at radius 1 is 1.26 bits per heavy atom. The summed E-state index contributed by atoms with van der Waals surface area (Å²) in [4.78, 5) is 0. The van der Waals surface area contributed by atoms with E-state index in [1.165, 1.54) is 48.3 Å². The minimum atomic E-state index is 0.177. The van der Waals surface area contributed by atoms with Crippen LogP contribution in [0.4, 0.5) is 0 Å². The van der Waals surface area contributed by atoms with Gasteiger partial charge in [-0.05, 0) is 67.5 Å². The molecule has 3 aliphatic rings. The Morgan fingerprint density at radius 2 is 2.22 bits per heavy atom. The first-order valence-electron chi connectivity index (χ1n) is 8.90. The summed E-state index contributed by atoms with van der Waals surface area (Å²) in [5.41, 5.74) is 3.14. The molecule has 4 heteroatoms. The van der Waals surface area contributed by atoms with Gasteiger partial charge < -0.3 is 14.8 Å². The maximum absolute atomic E-state index is 6.15. The number of rotatable bonds is 3. The van der Waals surface area contributed by atoms with Crippen LogP contribution in [0.2, 0.25) is 0 Å². The first-order chi connectivity index (χ1) is 11.3. The van der Waals surface area contributed by atoms with Crippen LogP contribution < -0.4 is 10.1 Å². The fraction of sp³-hybridized carbons (Fsp3) is 0.684. The van der Waals surface area contributed by atoms with E-state index < -0.39 is 0 Å². The first-order valence-corrected chi connectivity index (χ1v) is 10.1. The molecule has 0 amide bonds. The van der Waals surface area contributed by atoms with E-state index in [9.17, 15) is 0 Å². The van der Waals surface area contributed by atoms with Crippen LogP contribution in [-0.4, -0.2) is 42.9 Å². The van der Waals surface area contributed by atoms with Gasteiger partial charge in [0.2, 0.25) is 0 Å². The Kier molecular flexibility index (Phi) is 4.57. The van der Waals surface area contributed by atoms with Crippen molar-refractivity contribution in [2.45, 2.75) is 56.2 Å². The Labute approximate surface area is 143 Å². The van der Waals surface area contributed by atoms with Crippen LogP contribution >= 0.6 is 11.8 Å². The highest BCUT2D eigenvalue weighted by molar-refractivity contribution is 7.99. The molecule has 1 N–H and O–H groups in total. The van der Waals surface area contributed by atoms with Gasteiger partial charge in [-0.1, -0.05) is 6.07 Å². The van der Waals surface area contributed by atoms with Crippen molar-refractivity contribution in [2.24, 2.45) is 0 Å². The zero-order valence-electron chi connectivity index (χ0n) is 14.0. The molecule has 1 aliphatic carbocycles. The molecule has 23 heavy (non-hydrogen) atoms. The lowest BCUT2D eigenvalue weighted by atomic mass is 9.85. The summed E-state index contributed by atoms with van der Waals surface area (Å²) in [5.74, 6) is 3.44. The molecule has 3 nitrogen and oxygen atoms in total. The Hall–Kier alpha value is -0.710. The normalized spacial score (nSPS) is 33.6. The van der Waals surface area contributed by atoms with Crippen LogP contribution in [0.1, 0.15) is 36.8 Å². The molecular weight excluding hydrogens is 306 g/mol. The third-order valence-corrected chi connectivity index (χ3v) is 6.90. The van der Waals surface area contributed by atoms with Crippen LogP contribution in [-0.2, 0) is 17.6 Å². The average molecular weight is 333 g/mol. The summed E-state index contributed by atoms with van der Waals surface area (Å²) >= 11 is 2.06. The third-order valence-electron chi connectivity index (χ3n) is 5.67. The molecule has 2 heterocycles. The van der Waals surface area contributed by atoms with Crippen molar-refractivity contribution in [3.63, 3.8) is 0 Å². The van der Waals surface area contributed by atoms with Gasteiger partial charge in [0.1, 0.15) is 5.75 Å². The van der Waals surface area contributed by atoms with Gasteiger partial charge in [0, 0.05) is 24.4 Å². The molecule has 1 aromatic carbocycles. The minimum absolute atomic E-state index is 0.177. The summed E-state index contributed by atoms with van der Waals surface area (Å²) in [6.45, 7) is 0.926. The second kappa shape index (κ2) is 6.66. The van der Waals surface area contributed by atoms with Crippen molar-refractivity contribution in [2.75, 3.05) is 25.2 Å². The number of fused-ring (bicyclic) bond motifs is 1. The summed E-state index contributed by atoms with van der Waals surface area (Å²) in [6.07, 6.45) is 7.15. The highest BCUT2D eigenvalue weighted by Gasteiger charge is 2.40. The molecule has 0 aromatic heterocycles. The lowest BCUT2D eigenvalue weighted by Gasteiger charge is -2.40. The first kappa shape index (κ1) is 15.8. The predicted octanol–water partition coefficient (Wildman–Crippen LogP) is 3.20. The van der Waals surface area contributed by atoms with Crippen molar-refractivity contribution in [3.8, 4) is 5.75 Å². The third kappa shape index (κ3) is 3.40. The second-order valence-corrected chi connectivity index (χ2v) is 8.37. The minimum Gasteiger partial charge on any atom is -0.497 e. The van der Waals surface area contributed by atoms with Crippen molar-refractivity contribution in [3.05, 3.63) is 29.3 Å². The van der Waals surface area contributed by atoms with E-state index in [1.807, 2.05) is 0 Å². The molecule has 3 atom stereocenters. The molecule has 2 fully saturated rings. The largest absolute Gasteiger partial charge is 0.497 e. The van der Waals surface area contributed by atoms with Crippen LogP contribution in [0.25, 0.3) is 0 Å². The smallest absolute Gasteiger partial charge is 0.119 e. The molecule has 0 bridgehead atoms. The summed E-state index contributed by atoms with van der Waals surface area (Å²) in [5, 5.41) is 3.96. The maximum Gasteiger partial charge on any atom is 0.119 e. The quantitative estimate of drug-likeness (QED) is 0.920. The van der Waals surface area contributed by atoms with E-state index in [0.717, 1.165) is 25.2 Å². The predicted molar refractivity (Wildman–Crippen MR) is 95.6 cm³/mol. The number of nitrogens with one attached hydrogen (secondary N) is 1. The highest BCUT2D eigenvalue weighted by Crippen LogP contribution is 2.38. The topological polar surface area (TPSA) is 30.5 Å². The van der Waals surface area contributed by atoms with Gasteiger partial charge in [0.25, 0.3) is 0 Å². The molecular formula is C19H27NO2S. The monoisotopic (exact) mass is 333 g/mol. The van der Waals surface area contributed by atoms with Gasteiger partial charge in [0.15, 0.2) is 0 Å². The molecule has 1 spiro atoms. The highest BCUT2D eigenvalue weighted by atomic mass is 32.2. The Balaban J connectivity index is 1.39. The second-order valence-electron chi connectivity index (χ2n) is 7.26. The van der Waals surface area contributed by atoms with Crippen molar-refractivity contribution in [1.29, 1.82) is 0 Å². The van der Waals surface area contributed by atoms with Gasteiger partial charge in [-0.2, -0.15) is 11.8 Å². The number of methoxy groups -OCH3 is 1. The number of thioether (sulfide) groups is 1. The standard InChI is InChI=1S/C19H27NO2S/c1-21-18-5-3-14-2-4-16(10-15(14)11-18)20-17-6-8-22-19(12-17)7-9-23-13-19/h3,5,11,16-17,20H,2,4,6-10,12-13H2,1H3/t16-,17-,19+/m1/s1. The van der Waals surface area contributed by atoms with Gasteiger partial charge >= 0.3 is 0 Å². The maximum atomic E-state index is 6.15. The molecule has 4 rings (SSSR count). The molecule has 0 unspecified atom stereocenters. The summed E-state index contributed by atoms with van der Waals surface area (Å²) in [7, 11) is 1.75. The SMILES string of the molecule is COc1ccc2c(c1)C[C@H](N[C@@H]1CCO[C@@]3(CCSC3)C1)CC2.